The molecule has 1 aliphatic carbocycles. The Kier molecular flexibility index (Phi) is 2.86. The number of rotatable bonds is 1. The summed E-state index contributed by atoms with van der Waals surface area (Å²) in [5, 5.41) is 3.99. The summed E-state index contributed by atoms with van der Waals surface area (Å²) >= 11 is 1.59. The predicted octanol–water partition coefficient (Wildman–Crippen LogP) is 3.42. The van der Waals surface area contributed by atoms with Crippen LogP contribution in [0.2, 0.25) is 0 Å². The zero-order valence-corrected chi connectivity index (χ0v) is 11.9. The van der Waals surface area contributed by atoms with Crippen molar-refractivity contribution in [3.63, 3.8) is 0 Å². The second-order valence-corrected chi connectivity index (χ2v) is 6.85. The van der Waals surface area contributed by atoms with Crippen LogP contribution >= 0.6 is 11.3 Å². The molecule has 1 aromatic heterocycles. The molecule has 19 heavy (non-hydrogen) atoms. The number of thiophene rings is 1. The van der Waals surface area contributed by atoms with Gasteiger partial charge in [0.15, 0.2) is 5.78 Å². The highest BCUT2D eigenvalue weighted by Gasteiger charge is 2.42. The molecule has 0 N–H and O–H groups in total. The third-order valence-corrected chi connectivity index (χ3v) is 4.48. The molecule has 0 aromatic carbocycles. The van der Waals surface area contributed by atoms with Crippen LogP contribution < -0.4 is 0 Å². The maximum atomic E-state index is 12.4. The van der Waals surface area contributed by atoms with Gasteiger partial charge in [0.2, 0.25) is 0 Å². The Morgan fingerprint density at radius 1 is 1.32 bits per heavy atom. The Bertz CT molecular complexity index is 566. The smallest absolute Gasteiger partial charge is 0.311 e. The third kappa shape index (κ3) is 2.25. The number of carbonyl (C=O) groups excluding carboxylic acids is 2. The van der Waals surface area contributed by atoms with Gasteiger partial charge in [-0.2, -0.15) is 11.3 Å². The summed E-state index contributed by atoms with van der Waals surface area (Å²) < 4.78 is 5.35. The van der Waals surface area contributed by atoms with Crippen molar-refractivity contribution in [2.45, 2.75) is 39.0 Å². The lowest BCUT2D eigenvalue weighted by Gasteiger charge is -2.36. The fourth-order valence-corrected chi connectivity index (χ4v) is 3.68. The summed E-state index contributed by atoms with van der Waals surface area (Å²) in [6.07, 6.45) is 1.48. The molecular formula is C15H16O3S. The van der Waals surface area contributed by atoms with Crippen molar-refractivity contribution in [1.82, 2.24) is 0 Å². The summed E-state index contributed by atoms with van der Waals surface area (Å²) in [4.78, 5) is 24.2. The Morgan fingerprint density at radius 2 is 2.11 bits per heavy atom. The highest BCUT2D eigenvalue weighted by Crippen LogP contribution is 2.46. The molecule has 0 radical (unpaired) electrons. The molecule has 0 fully saturated rings. The molecule has 1 atom stereocenters. The minimum Gasteiger partial charge on any atom is -0.431 e. The van der Waals surface area contributed by atoms with Gasteiger partial charge in [-0.15, -0.1) is 0 Å². The molecule has 0 saturated carbocycles. The highest BCUT2D eigenvalue weighted by molar-refractivity contribution is 7.08. The second-order valence-electron chi connectivity index (χ2n) is 6.07. The van der Waals surface area contributed by atoms with Crippen molar-refractivity contribution >= 4 is 23.1 Å². The van der Waals surface area contributed by atoms with E-state index in [0.29, 0.717) is 18.6 Å². The largest absolute Gasteiger partial charge is 0.431 e. The molecule has 4 heteroatoms. The zero-order valence-electron chi connectivity index (χ0n) is 11.1. The highest BCUT2D eigenvalue weighted by atomic mass is 32.1. The first-order valence-corrected chi connectivity index (χ1v) is 7.39. The van der Waals surface area contributed by atoms with Crippen LogP contribution in [0.15, 0.2) is 28.2 Å². The molecule has 2 aliphatic rings. The lowest BCUT2D eigenvalue weighted by Crippen LogP contribution is -2.33. The molecule has 0 unspecified atom stereocenters. The van der Waals surface area contributed by atoms with E-state index in [2.05, 4.69) is 0 Å². The quantitative estimate of drug-likeness (QED) is 0.738. The van der Waals surface area contributed by atoms with Crippen LogP contribution in [0.5, 0.6) is 0 Å². The molecule has 1 aromatic rings. The summed E-state index contributed by atoms with van der Waals surface area (Å²) in [5.74, 6) is 0.412. The van der Waals surface area contributed by atoms with Gasteiger partial charge < -0.3 is 4.74 Å². The van der Waals surface area contributed by atoms with E-state index >= 15 is 0 Å². The van der Waals surface area contributed by atoms with Gasteiger partial charge in [-0.3, -0.25) is 9.59 Å². The second kappa shape index (κ2) is 4.30. The van der Waals surface area contributed by atoms with Gasteiger partial charge in [0.05, 0.1) is 6.42 Å². The number of esters is 1. The van der Waals surface area contributed by atoms with Crippen LogP contribution in [0.4, 0.5) is 0 Å². The van der Waals surface area contributed by atoms with Crippen LogP contribution in [-0.4, -0.2) is 11.8 Å². The maximum Gasteiger partial charge on any atom is 0.311 e. The first-order chi connectivity index (χ1) is 8.96. The molecule has 100 valence electrons. The average Bonchev–Trinajstić information content (AvgIpc) is 2.78. The van der Waals surface area contributed by atoms with Gasteiger partial charge in [-0.05, 0) is 27.8 Å². The van der Waals surface area contributed by atoms with Crippen LogP contribution in [0, 0.1) is 5.41 Å². The zero-order chi connectivity index (χ0) is 13.6. The van der Waals surface area contributed by atoms with Gasteiger partial charge in [0.25, 0.3) is 0 Å². The molecule has 3 rings (SSSR count). The lowest BCUT2D eigenvalue weighted by atomic mass is 9.71. The van der Waals surface area contributed by atoms with E-state index in [1.807, 2.05) is 30.7 Å². The van der Waals surface area contributed by atoms with Crippen molar-refractivity contribution < 1.29 is 14.3 Å². The van der Waals surface area contributed by atoms with E-state index in [4.69, 9.17) is 4.74 Å². The van der Waals surface area contributed by atoms with Crippen LogP contribution in [-0.2, 0) is 14.3 Å². The first kappa shape index (κ1) is 12.6. The molecular weight excluding hydrogens is 260 g/mol. The molecule has 3 nitrogen and oxygen atoms in total. The minimum absolute atomic E-state index is 0.105. The number of ketones is 1. The van der Waals surface area contributed by atoms with E-state index in [-0.39, 0.29) is 29.5 Å². The molecule has 0 spiro atoms. The van der Waals surface area contributed by atoms with Crippen molar-refractivity contribution in [2.24, 2.45) is 5.41 Å². The van der Waals surface area contributed by atoms with Crippen molar-refractivity contribution in [1.29, 1.82) is 0 Å². The van der Waals surface area contributed by atoms with E-state index < -0.39 is 0 Å². The average molecular weight is 276 g/mol. The fraction of sp³-hybridized carbons (Fsp3) is 0.467. The monoisotopic (exact) mass is 276 g/mol. The summed E-state index contributed by atoms with van der Waals surface area (Å²) in [6, 6.07) is 1.99. The van der Waals surface area contributed by atoms with Crippen molar-refractivity contribution in [2.75, 3.05) is 0 Å². The topological polar surface area (TPSA) is 43.4 Å². The van der Waals surface area contributed by atoms with E-state index in [0.717, 1.165) is 11.1 Å². The normalized spacial score (nSPS) is 26.1. The first-order valence-electron chi connectivity index (χ1n) is 6.45. The molecule has 1 aliphatic heterocycles. The fourth-order valence-electron chi connectivity index (χ4n) is 2.96. The maximum absolute atomic E-state index is 12.4. The van der Waals surface area contributed by atoms with E-state index in [1.165, 1.54) is 0 Å². The van der Waals surface area contributed by atoms with Crippen molar-refractivity contribution in [3.8, 4) is 0 Å². The minimum atomic E-state index is -0.222. The summed E-state index contributed by atoms with van der Waals surface area (Å²) in [6.45, 7) is 4.08. The number of Topliss-reactive ketones (excluding diaryl/α,β-unsaturated/α-hetero) is 1. The lowest BCUT2D eigenvalue weighted by molar-refractivity contribution is -0.142. The van der Waals surface area contributed by atoms with E-state index in [1.54, 1.807) is 11.3 Å². The standard InChI is InChI=1S/C15H16O3S/c1-15(2)6-11(16)14-10(9-3-4-19-8-9)5-13(17)18-12(14)7-15/h3-4,8,10H,5-7H2,1-2H3/t10-/m1/s1. The molecule has 0 saturated heterocycles. The number of hydrogen-bond donors (Lipinski definition) is 0. The SMILES string of the molecule is CC1(C)CC(=O)C2=C(C1)OC(=O)C[C@@H]2c1ccsc1. The van der Waals surface area contributed by atoms with Crippen LogP contribution in [0.1, 0.15) is 44.6 Å². The number of hydrogen-bond acceptors (Lipinski definition) is 4. The van der Waals surface area contributed by atoms with Gasteiger partial charge in [0, 0.05) is 24.3 Å². The van der Waals surface area contributed by atoms with Crippen LogP contribution in [0.3, 0.4) is 0 Å². The van der Waals surface area contributed by atoms with Gasteiger partial charge in [-0.25, -0.2) is 0 Å². The van der Waals surface area contributed by atoms with Crippen LogP contribution in [0.25, 0.3) is 0 Å². The Labute approximate surface area is 116 Å². The van der Waals surface area contributed by atoms with E-state index in [9.17, 15) is 9.59 Å². The Balaban J connectivity index is 2.07. The number of allylic oxidation sites excluding steroid dienone is 2. The molecule has 0 amide bonds. The Hall–Kier alpha value is -1.42. The van der Waals surface area contributed by atoms with Crippen molar-refractivity contribution in [3.05, 3.63) is 33.7 Å². The predicted molar refractivity (Wildman–Crippen MR) is 72.8 cm³/mol. The summed E-state index contributed by atoms with van der Waals surface area (Å²) in [7, 11) is 0. The third-order valence-electron chi connectivity index (χ3n) is 3.78. The number of carbonyl (C=O) groups is 2. The number of ether oxygens (including phenoxy) is 1. The molecule has 2 heterocycles. The summed E-state index contributed by atoms with van der Waals surface area (Å²) in [5.41, 5.74) is 1.67. The van der Waals surface area contributed by atoms with Gasteiger partial charge >= 0.3 is 5.97 Å². The van der Waals surface area contributed by atoms with Gasteiger partial charge in [-0.1, -0.05) is 13.8 Å². The molecule has 0 bridgehead atoms. The Morgan fingerprint density at radius 3 is 2.79 bits per heavy atom. The van der Waals surface area contributed by atoms with Gasteiger partial charge in [0.1, 0.15) is 5.76 Å².